The molecule has 0 fully saturated rings. The van der Waals surface area contributed by atoms with Crippen LogP contribution in [0.25, 0.3) is 0 Å². The zero-order valence-corrected chi connectivity index (χ0v) is 12.8. The SMILES string of the molecule is CCN(C(=O)CCn1c(C)c(C)[nH]c1=O)C(C)(C)C. The van der Waals surface area contributed by atoms with Crippen molar-refractivity contribution in [3.8, 4) is 0 Å². The highest BCUT2D eigenvalue weighted by molar-refractivity contribution is 5.76. The summed E-state index contributed by atoms with van der Waals surface area (Å²) in [6, 6.07) is 0. The van der Waals surface area contributed by atoms with Gasteiger partial charge in [-0.1, -0.05) is 0 Å². The van der Waals surface area contributed by atoms with Crippen molar-refractivity contribution in [2.24, 2.45) is 0 Å². The minimum Gasteiger partial charge on any atom is -0.338 e. The normalized spacial score (nSPS) is 11.7. The van der Waals surface area contributed by atoms with Crippen LogP contribution in [0.5, 0.6) is 0 Å². The smallest absolute Gasteiger partial charge is 0.325 e. The van der Waals surface area contributed by atoms with Gasteiger partial charge in [-0.15, -0.1) is 0 Å². The minimum atomic E-state index is -0.181. The van der Waals surface area contributed by atoms with E-state index in [-0.39, 0.29) is 17.1 Å². The average Bonchev–Trinajstić information content (AvgIpc) is 2.50. The van der Waals surface area contributed by atoms with Crippen molar-refractivity contribution in [3.63, 3.8) is 0 Å². The van der Waals surface area contributed by atoms with Gasteiger partial charge < -0.3 is 9.88 Å². The van der Waals surface area contributed by atoms with E-state index >= 15 is 0 Å². The maximum Gasteiger partial charge on any atom is 0.325 e. The van der Waals surface area contributed by atoms with Gasteiger partial charge in [0.15, 0.2) is 0 Å². The van der Waals surface area contributed by atoms with E-state index in [2.05, 4.69) is 4.98 Å². The second kappa shape index (κ2) is 5.63. The number of H-pyrrole nitrogens is 1. The molecule has 0 bridgehead atoms. The van der Waals surface area contributed by atoms with Crippen LogP contribution in [0, 0.1) is 13.8 Å². The largest absolute Gasteiger partial charge is 0.338 e. The first-order valence-corrected chi connectivity index (χ1v) is 6.75. The van der Waals surface area contributed by atoms with Crippen LogP contribution in [-0.4, -0.2) is 32.4 Å². The summed E-state index contributed by atoms with van der Waals surface area (Å²) in [6.07, 6.45) is 0.350. The molecule has 1 heterocycles. The molecule has 0 spiro atoms. The molecule has 108 valence electrons. The third kappa shape index (κ3) is 3.49. The lowest BCUT2D eigenvalue weighted by atomic mass is 10.1. The maximum absolute atomic E-state index is 12.2. The number of hydrogen-bond acceptors (Lipinski definition) is 2. The molecule has 0 aliphatic rings. The summed E-state index contributed by atoms with van der Waals surface area (Å²) in [5, 5.41) is 0. The minimum absolute atomic E-state index is 0.0835. The van der Waals surface area contributed by atoms with Gasteiger partial charge in [-0.3, -0.25) is 9.36 Å². The fraction of sp³-hybridized carbons (Fsp3) is 0.714. The first-order valence-electron chi connectivity index (χ1n) is 6.75. The Kier molecular flexibility index (Phi) is 4.61. The summed E-state index contributed by atoms with van der Waals surface area (Å²) in [5.74, 6) is 0.0835. The molecule has 0 atom stereocenters. The molecule has 0 saturated carbocycles. The number of nitrogens with zero attached hydrogens (tertiary/aromatic N) is 2. The van der Waals surface area contributed by atoms with Gasteiger partial charge in [0.1, 0.15) is 0 Å². The number of amides is 1. The zero-order valence-electron chi connectivity index (χ0n) is 12.8. The summed E-state index contributed by atoms with van der Waals surface area (Å²) in [7, 11) is 0. The van der Waals surface area contributed by atoms with Gasteiger partial charge >= 0.3 is 5.69 Å². The van der Waals surface area contributed by atoms with Crippen LogP contribution >= 0.6 is 0 Å². The molecule has 1 N–H and O–H groups in total. The predicted octanol–water partition coefficient (Wildman–Crippen LogP) is 1.83. The summed E-state index contributed by atoms with van der Waals surface area (Å²) >= 11 is 0. The van der Waals surface area contributed by atoms with Crippen molar-refractivity contribution in [2.45, 2.75) is 60.0 Å². The van der Waals surface area contributed by atoms with E-state index in [1.165, 1.54) is 0 Å². The lowest BCUT2D eigenvalue weighted by molar-refractivity contribution is -0.135. The Labute approximate surface area is 114 Å². The molecule has 1 aromatic rings. The van der Waals surface area contributed by atoms with Crippen molar-refractivity contribution in [1.29, 1.82) is 0 Å². The highest BCUT2D eigenvalue weighted by Gasteiger charge is 2.24. The van der Waals surface area contributed by atoms with Crippen molar-refractivity contribution in [1.82, 2.24) is 14.5 Å². The number of rotatable bonds is 4. The molecule has 0 radical (unpaired) electrons. The molecule has 1 aromatic heterocycles. The van der Waals surface area contributed by atoms with Crippen molar-refractivity contribution in [3.05, 3.63) is 21.9 Å². The van der Waals surface area contributed by atoms with Gasteiger partial charge in [0.05, 0.1) is 0 Å². The number of carbonyl (C=O) groups is 1. The maximum atomic E-state index is 12.2. The second-order valence-corrected chi connectivity index (χ2v) is 5.85. The predicted molar refractivity (Wildman–Crippen MR) is 76.3 cm³/mol. The molecule has 5 heteroatoms. The number of aromatic nitrogens is 2. The molecule has 5 nitrogen and oxygen atoms in total. The monoisotopic (exact) mass is 267 g/mol. The van der Waals surface area contributed by atoms with E-state index in [0.29, 0.717) is 19.5 Å². The second-order valence-electron chi connectivity index (χ2n) is 5.85. The quantitative estimate of drug-likeness (QED) is 0.904. The molecule has 1 rings (SSSR count). The lowest BCUT2D eigenvalue weighted by Gasteiger charge is -2.35. The van der Waals surface area contributed by atoms with Crippen LogP contribution in [0.4, 0.5) is 0 Å². The van der Waals surface area contributed by atoms with E-state index in [9.17, 15) is 9.59 Å². The van der Waals surface area contributed by atoms with Gasteiger partial charge in [0.2, 0.25) is 5.91 Å². The fourth-order valence-electron chi connectivity index (χ4n) is 2.31. The summed E-state index contributed by atoms with van der Waals surface area (Å²) in [5.41, 5.74) is 1.44. The summed E-state index contributed by atoms with van der Waals surface area (Å²) in [6.45, 7) is 12.9. The van der Waals surface area contributed by atoms with Crippen molar-refractivity contribution in [2.75, 3.05) is 6.54 Å². The Hall–Kier alpha value is -1.52. The van der Waals surface area contributed by atoms with Crippen LogP contribution < -0.4 is 5.69 Å². The molecule has 0 aliphatic carbocycles. The van der Waals surface area contributed by atoms with Gasteiger partial charge in [0.25, 0.3) is 0 Å². The molecule has 19 heavy (non-hydrogen) atoms. The Morgan fingerprint density at radius 3 is 2.26 bits per heavy atom. The lowest BCUT2D eigenvalue weighted by Crippen LogP contribution is -2.45. The van der Waals surface area contributed by atoms with Crippen LogP contribution in [0.1, 0.15) is 45.5 Å². The average molecular weight is 267 g/mol. The van der Waals surface area contributed by atoms with Crippen LogP contribution in [0.15, 0.2) is 4.79 Å². The Bertz CT molecular complexity index is 506. The molecule has 0 aliphatic heterocycles. The van der Waals surface area contributed by atoms with E-state index < -0.39 is 0 Å². The van der Waals surface area contributed by atoms with Gasteiger partial charge in [-0.05, 0) is 41.5 Å². The summed E-state index contributed by atoms with van der Waals surface area (Å²) < 4.78 is 1.63. The van der Waals surface area contributed by atoms with Crippen LogP contribution in [0.2, 0.25) is 0 Å². The van der Waals surface area contributed by atoms with Gasteiger partial charge in [-0.25, -0.2) is 4.79 Å². The molecule has 0 unspecified atom stereocenters. The number of carbonyl (C=O) groups excluding carboxylic acids is 1. The van der Waals surface area contributed by atoms with Gasteiger partial charge in [-0.2, -0.15) is 0 Å². The van der Waals surface area contributed by atoms with Crippen LogP contribution in [0.3, 0.4) is 0 Å². The first-order chi connectivity index (χ1) is 8.68. The third-order valence-corrected chi connectivity index (χ3v) is 3.46. The topological polar surface area (TPSA) is 58.1 Å². The first kappa shape index (κ1) is 15.5. The van der Waals surface area contributed by atoms with Crippen molar-refractivity contribution >= 4 is 5.91 Å². The third-order valence-electron chi connectivity index (χ3n) is 3.46. The number of aromatic amines is 1. The molecule has 0 saturated heterocycles. The van der Waals surface area contributed by atoms with Gasteiger partial charge in [0, 0.05) is 36.4 Å². The number of imidazole rings is 1. The molecule has 1 amide bonds. The number of nitrogens with one attached hydrogen (secondary N) is 1. The highest BCUT2D eigenvalue weighted by Crippen LogP contribution is 2.14. The Morgan fingerprint density at radius 2 is 1.89 bits per heavy atom. The molecule has 0 aromatic carbocycles. The molecular weight excluding hydrogens is 242 g/mol. The van der Waals surface area contributed by atoms with Crippen molar-refractivity contribution < 1.29 is 4.79 Å². The Balaban J connectivity index is 2.77. The number of aryl methyl sites for hydroxylation is 1. The Morgan fingerprint density at radius 1 is 1.32 bits per heavy atom. The standard InChI is InChI=1S/C14H25N3O2/c1-7-17(14(4,5)6)12(18)8-9-16-11(3)10(2)15-13(16)19/h7-9H2,1-6H3,(H,15,19). The van der Waals surface area contributed by atoms with E-state index in [1.54, 1.807) is 4.57 Å². The number of hydrogen-bond donors (Lipinski definition) is 1. The van der Waals surface area contributed by atoms with E-state index in [4.69, 9.17) is 0 Å². The van der Waals surface area contributed by atoms with E-state index in [1.807, 2.05) is 46.4 Å². The van der Waals surface area contributed by atoms with E-state index in [0.717, 1.165) is 11.4 Å². The zero-order chi connectivity index (χ0) is 14.8. The highest BCUT2D eigenvalue weighted by atomic mass is 16.2. The fourth-order valence-corrected chi connectivity index (χ4v) is 2.31. The van der Waals surface area contributed by atoms with Crippen LogP contribution in [-0.2, 0) is 11.3 Å². The molecular formula is C14H25N3O2. The summed E-state index contributed by atoms with van der Waals surface area (Å²) in [4.78, 5) is 28.5.